The van der Waals surface area contributed by atoms with Gasteiger partial charge in [0.1, 0.15) is 17.3 Å². The van der Waals surface area contributed by atoms with Crippen molar-refractivity contribution in [1.29, 1.82) is 0 Å². The van der Waals surface area contributed by atoms with Crippen LogP contribution in [0.25, 0.3) is 10.9 Å². The molecule has 0 atom stereocenters. The number of carbonyl (C=O) groups excluding carboxylic acids is 1. The molecule has 1 aromatic carbocycles. The number of carbonyl (C=O) groups is 1. The molecular formula is C16H18N4O2S. The number of aromatic nitrogens is 3. The van der Waals surface area contributed by atoms with E-state index in [0.29, 0.717) is 11.7 Å². The predicted octanol–water partition coefficient (Wildman–Crippen LogP) is 3.09. The molecule has 0 saturated heterocycles. The van der Waals surface area contributed by atoms with Gasteiger partial charge in [-0.3, -0.25) is 10.1 Å². The Morgan fingerprint density at radius 3 is 2.91 bits per heavy atom. The fourth-order valence-electron chi connectivity index (χ4n) is 2.33. The number of anilines is 1. The van der Waals surface area contributed by atoms with E-state index in [-0.39, 0.29) is 12.5 Å². The van der Waals surface area contributed by atoms with Crippen molar-refractivity contribution in [3.05, 3.63) is 35.5 Å². The van der Waals surface area contributed by atoms with E-state index in [1.807, 2.05) is 48.9 Å². The van der Waals surface area contributed by atoms with Gasteiger partial charge in [0, 0.05) is 17.1 Å². The molecule has 0 spiro atoms. The molecule has 0 radical (unpaired) electrons. The number of benzene rings is 1. The maximum atomic E-state index is 12.2. The SMILES string of the molecule is CCOc1ccc2c(ccn2CC(=O)Nc2nnc(CC)s2)c1. The number of rotatable bonds is 6. The summed E-state index contributed by atoms with van der Waals surface area (Å²) in [6, 6.07) is 7.84. The lowest BCUT2D eigenvalue weighted by molar-refractivity contribution is -0.116. The summed E-state index contributed by atoms with van der Waals surface area (Å²) in [5, 5.41) is 13.3. The summed E-state index contributed by atoms with van der Waals surface area (Å²) in [5.74, 6) is 0.721. The minimum absolute atomic E-state index is 0.116. The second-order valence-electron chi connectivity index (χ2n) is 5.00. The number of amides is 1. The molecule has 7 heteroatoms. The highest BCUT2D eigenvalue weighted by Gasteiger charge is 2.10. The van der Waals surface area contributed by atoms with Gasteiger partial charge in [0.25, 0.3) is 0 Å². The molecule has 1 amide bonds. The fourth-order valence-corrected chi connectivity index (χ4v) is 3.03. The van der Waals surface area contributed by atoms with Crippen molar-refractivity contribution in [2.45, 2.75) is 26.8 Å². The number of ether oxygens (including phenoxy) is 1. The van der Waals surface area contributed by atoms with Crippen LogP contribution in [0.3, 0.4) is 0 Å². The lowest BCUT2D eigenvalue weighted by atomic mass is 10.2. The summed E-state index contributed by atoms with van der Waals surface area (Å²) in [6.45, 7) is 4.83. The predicted molar refractivity (Wildman–Crippen MR) is 91.0 cm³/mol. The van der Waals surface area contributed by atoms with Crippen molar-refractivity contribution < 1.29 is 9.53 Å². The van der Waals surface area contributed by atoms with E-state index in [0.717, 1.165) is 28.1 Å². The maximum absolute atomic E-state index is 12.2. The highest BCUT2D eigenvalue weighted by atomic mass is 32.1. The van der Waals surface area contributed by atoms with Crippen LogP contribution in [-0.2, 0) is 17.8 Å². The van der Waals surface area contributed by atoms with Crippen molar-refractivity contribution in [3.8, 4) is 5.75 Å². The van der Waals surface area contributed by atoms with Crippen LogP contribution in [0.4, 0.5) is 5.13 Å². The normalized spacial score (nSPS) is 10.9. The first-order chi connectivity index (χ1) is 11.2. The van der Waals surface area contributed by atoms with E-state index in [1.54, 1.807) is 0 Å². The van der Waals surface area contributed by atoms with Gasteiger partial charge in [0.05, 0.1) is 6.61 Å². The van der Waals surface area contributed by atoms with Crippen LogP contribution >= 0.6 is 11.3 Å². The molecule has 23 heavy (non-hydrogen) atoms. The van der Waals surface area contributed by atoms with Gasteiger partial charge in [-0.1, -0.05) is 18.3 Å². The van der Waals surface area contributed by atoms with Crippen LogP contribution < -0.4 is 10.1 Å². The number of hydrogen-bond donors (Lipinski definition) is 1. The molecule has 3 rings (SSSR count). The van der Waals surface area contributed by atoms with Crippen LogP contribution in [0.15, 0.2) is 30.5 Å². The van der Waals surface area contributed by atoms with E-state index in [2.05, 4.69) is 15.5 Å². The van der Waals surface area contributed by atoms with Crippen molar-refractivity contribution in [1.82, 2.24) is 14.8 Å². The summed E-state index contributed by atoms with van der Waals surface area (Å²) >= 11 is 1.40. The molecule has 6 nitrogen and oxygen atoms in total. The van der Waals surface area contributed by atoms with E-state index >= 15 is 0 Å². The third-order valence-electron chi connectivity index (χ3n) is 3.38. The van der Waals surface area contributed by atoms with Crippen LogP contribution in [0.5, 0.6) is 5.75 Å². The largest absolute Gasteiger partial charge is 0.494 e. The van der Waals surface area contributed by atoms with Crippen LogP contribution in [-0.4, -0.2) is 27.3 Å². The average molecular weight is 330 g/mol. The van der Waals surface area contributed by atoms with Crippen molar-refractivity contribution in [3.63, 3.8) is 0 Å². The van der Waals surface area contributed by atoms with Crippen LogP contribution in [0.2, 0.25) is 0 Å². The zero-order chi connectivity index (χ0) is 16.2. The van der Waals surface area contributed by atoms with Crippen LogP contribution in [0.1, 0.15) is 18.9 Å². The van der Waals surface area contributed by atoms with Gasteiger partial charge in [-0.05, 0) is 37.6 Å². The Labute approximate surface area is 138 Å². The van der Waals surface area contributed by atoms with E-state index in [4.69, 9.17) is 4.74 Å². The zero-order valence-electron chi connectivity index (χ0n) is 13.1. The minimum Gasteiger partial charge on any atom is -0.494 e. The molecular weight excluding hydrogens is 312 g/mol. The average Bonchev–Trinajstić information content (AvgIpc) is 3.14. The third kappa shape index (κ3) is 3.50. The van der Waals surface area contributed by atoms with Gasteiger partial charge < -0.3 is 9.30 Å². The molecule has 1 N–H and O–H groups in total. The molecule has 2 aromatic heterocycles. The highest BCUT2D eigenvalue weighted by Crippen LogP contribution is 2.22. The Morgan fingerprint density at radius 2 is 2.17 bits per heavy atom. The molecule has 120 valence electrons. The van der Waals surface area contributed by atoms with Gasteiger partial charge in [0.2, 0.25) is 11.0 Å². The highest BCUT2D eigenvalue weighted by molar-refractivity contribution is 7.15. The molecule has 0 saturated carbocycles. The lowest BCUT2D eigenvalue weighted by Crippen LogP contribution is -2.18. The van der Waals surface area contributed by atoms with E-state index in [1.165, 1.54) is 11.3 Å². The molecule has 2 heterocycles. The minimum atomic E-state index is -0.116. The second kappa shape index (κ2) is 6.78. The summed E-state index contributed by atoms with van der Waals surface area (Å²) in [5.41, 5.74) is 0.995. The van der Waals surface area contributed by atoms with Crippen molar-refractivity contribution in [2.24, 2.45) is 0 Å². The second-order valence-corrected chi connectivity index (χ2v) is 6.06. The topological polar surface area (TPSA) is 69.0 Å². The first kappa shape index (κ1) is 15.5. The zero-order valence-corrected chi connectivity index (χ0v) is 13.9. The molecule has 3 aromatic rings. The lowest BCUT2D eigenvalue weighted by Gasteiger charge is -2.06. The molecule has 0 unspecified atom stereocenters. The first-order valence-electron chi connectivity index (χ1n) is 7.53. The first-order valence-corrected chi connectivity index (χ1v) is 8.35. The number of fused-ring (bicyclic) bond motifs is 1. The number of nitrogens with one attached hydrogen (secondary N) is 1. The Kier molecular flexibility index (Phi) is 4.57. The van der Waals surface area contributed by atoms with E-state index < -0.39 is 0 Å². The molecule has 0 aliphatic heterocycles. The Morgan fingerprint density at radius 1 is 1.30 bits per heavy atom. The van der Waals surface area contributed by atoms with Gasteiger partial charge >= 0.3 is 0 Å². The smallest absolute Gasteiger partial charge is 0.246 e. The van der Waals surface area contributed by atoms with Crippen molar-refractivity contribution >= 4 is 33.3 Å². The quantitative estimate of drug-likeness (QED) is 0.754. The summed E-state index contributed by atoms with van der Waals surface area (Å²) in [4.78, 5) is 12.2. The molecule has 0 fully saturated rings. The Hall–Kier alpha value is -2.41. The summed E-state index contributed by atoms with van der Waals surface area (Å²) < 4.78 is 7.40. The molecule has 0 aliphatic rings. The number of hydrogen-bond acceptors (Lipinski definition) is 5. The molecule has 0 aliphatic carbocycles. The maximum Gasteiger partial charge on any atom is 0.246 e. The van der Waals surface area contributed by atoms with Gasteiger partial charge in [0.15, 0.2) is 0 Å². The summed E-state index contributed by atoms with van der Waals surface area (Å²) in [6.07, 6.45) is 2.72. The van der Waals surface area contributed by atoms with Crippen LogP contribution in [0, 0.1) is 0 Å². The van der Waals surface area contributed by atoms with Crippen molar-refractivity contribution in [2.75, 3.05) is 11.9 Å². The number of nitrogens with zero attached hydrogens (tertiary/aromatic N) is 3. The van der Waals surface area contributed by atoms with E-state index in [9.17, 15) is 4.79 Å². The molecule has 0 bridgehead atoms. The Balaban J connectivity index is 1.71. The number of aryl methyl sites for hydroxylation is 1. The monoisotopic (exact) mass is 330 g/mol. The Bertz CT molecular complexity index is 824. The van der Waals surface area contributed by atoms with Gasteiger partial charge in [-0.15, -0.1) is 10.2 Å². The summed E-state index contributed by atoms with van der Waals surface area (Å²) in [7, 11) is 0. The third-order valence-corrected chi connectivity index (χ3v) is 4.37. The van der Waals surface area contributed by atoms with Gasteiger partial charge in [-0.25, -0.2) is 0 Å². The van der Waals surface area contributed by atoms with Gasteiger partial charge in [-0.2, -0.15) is 0 Å². The standard InChI is InChI=1S/C16H18N4O2S/c1-3-15-18-19-16(23-15)17-14(21)10-20-8-7-11-9-12(22-4-2)5-6-13(11)20/h5-9H,3-4,10H2,1-2H3,(H,17,19,21). The fraction of sp³-hybridized carbons (Fsp3) is 0.312.